The summed E-state index contributed by atoms with van der Waals surface area (Å²) in [6.07, 6.45) is -3.82. The summed E-state index contributed by atoms with van der Waals surface area (Å²) in [4.78, 5) is 25.0. The minimum Gasteiger partial charge on any atom is -0.507 e. The van der Waals surface area contributed by atoms with Gasteiger partial charge in [-0.3, -0.25) is 9.59 Å². The number of hydrogen-bond acceptors (Lipinski definition) is 3. The number of halogens is 4. The van der Waals surface area contributed by atoms with Gasteiger partial charge in [0.1, 0.15) is 5.75 Å². The molecule has 0 aliphatic rings. The van der Waals surface area contributed by atoms with Gasteiger partial charge in [-0.25, -0.2) is 0 Å². The second-order valence-electron chi connectivity index (χ2n) is 4.24. The van der Waals surface area contributed by atoms with Crippen LogP contribution in [0.5, 0.6) is 5.75 Å². The molecule has 0 saturated carbocycles. The Hall–Kier alpha value is -2.48. The number of carbonyl (C=O) groups excluding carboxylic acids is 1. The summed E-state index contributed by atoms with van der Waals surface area (Å²) in [5, 5.41) is 11.4. The van der Waals surface area contributed by atoms with Gasteiger partial charge >= 0.3 is 6.18 Å². The van der Waals surface area contributed by atoms with Gasteiger partial charge in [-0.2, -0.15) is 13.2 Å². The maximum Gasteiger partial charge on any atom is 0.418 e. The van der Waals surface area contributed by atoms with Crippen molar-refractivity contribution in [2.24, 2.45) is 0 Å². The minimum absolute atomic E-state index is 0.141. The molecule has 0 fully saturated rings. The summed E-state index contributed by atoms with van der Waals surface area (Å²) in [6.45, 7) is 0. The van der Waals surface area contributed by atoms with Crippen LogP contribution >= 0.6 is 11.6 Å². The standard InChI is InChI=1S/C13H8ClF3N2O3/c14-6-1-2-9(8(3-6)13(15,16)17)19-12(22)7-5-18-11(21)4-10(7)20/h1-5H,(H,19,22)(H2,18,20,21). The average Bonchev–Trinajstić information content (AvgIpc) is 2.39. The number of aromatic amines is 1. The lowest BCUT2D eigenvalue weighted by Crippen LogP contribution is -2.18. The first-order valence-corrected chi connectivity index (χ1v) is 6.16. The first-order valence-electron chi connectivity index (χ1n) is 5.78. The highest BCUT2D eigenvalue weighted by Crippen LogP contribution is 2.36. The smallest absolute Gasteiger partial charge is 0.418 e. The number of pyridine rings is 1. The van der Waals surface area contributed by atoms with Gasteiger partial charge in [0.15, 0.2) is 0 Å². The van der Waals surface area contributed by atoms with E-state index in [1.807, 2.05) is 5.32 Å². The summed E-state index contributed by atoms with van der Waals surface area (Å²) < 4.78 is 38.7. The van der Waals surface area contributed by atoms with Crippen LogP contribution in [0.1, 0.15) is 15.9 Å². The predicted molar refractivity (Wildman–Crippen MR) is 73.1 cm³/mol. The van der Waals surface area contributed by atoms with Gasteiger partial charge in [-0.1, -0.05) is 11.6 Å². The van der Waals surface area contributed by atoms with Gasteiger partial charge < -0.3 is 15.4 Å². The fourth-order valence-electron chi connectivity index (χ4n) is 1.69. The number of hydrogen-bond donors (Lipinski definition) is 3. The number of benzene rings is 1. The molecule has 1 amide bonds. The number of H-pyrrole nitrogens is 1. The van der Waals surface area contributed by atoms with Crippen molar-refractivity contribution in [3.8, 4) is 5.75 Å². The van der Waals surface area contributed by atoms with E-state index in [1.165, 1.54) is 6.07 Å². The Balaban J connectivity index is 2.38. The minimum atomic E-state index is -4.72. The van der Waals surface area contributed by atoms with E-state index >= 15 is 0 Å². The second kappa shape index (κ2) is 5.72. The van der Waals surface area contributed by atoms with Crippen LogP contribution in [0.25, 0.3) is 0 Å². The van der Waals surface area contributed by atoms with Crippen LogP contribution in [-0.2, 0) is 6.18 Å². The second-order valence-corrected chi connectivity index (χ2v) is 4.67. The van der Waals surface area contributed by atoms with Crippen LogP contribution in [0.4, 0.5) is 18.9 Å². The summed E-state index contributed by atoms with van der Waals surface area (Å²) >= 11 is 5.53. The Morgan fingerprint density at radius 3 is 2.55 bits per heavy atom. The molecule has 2 rings (SSSR count). The number of aromatic hydroxyl groups is 1. The lowest BCUT2D eigenvalue weighted by Gasteiger charge is -2.14. The van der Waals surface area contributed by atoms with Gasteiger partial charge in [0, 0.05) is 17.3 Å². The molecule has 5 nitrogen and oxygen atoms in total. The van der Waals surface area contributed by atoms with Crippen LogP contribution < -0.4 is 10.9 Å². The summed E-state index contributed by atoms with van der Waals surface area (Å²) in [7, 11) is 0. The molecule has 0 bridgehead atoms. The number of anilines is 1. The molecule has 3 N–H and O–H groups in total. The van der Waals surface area contributed by atoms with E-state index < -0.39 is 34.6 Å². The summed E-state index contributed by atoms with van der Waals surface area (Å²) in [5.74, 6) is -1.66. The fourth-order valence-corrected chi connectivity index (χ4v) is 1.86. The molecule has 1 heterocycles. The van der Waals surface area contributed by atoms with Crippen LogP contribution in [0.3, 0.4) is 0 Å². The number of aromatic nitrogens is 1. The molecule has 22 heavy (non-hydrogen) atoms. The van der Waals surface area contributed by atoms with E-state index in [0.717, 1.165) is 18.3 Å². The molecular formula is C13H8ClF3N2O3. The number of carbonyl (C=O) groups is 1. The first-order chi connectivity index (χ1) is 10.2. The third-order valence-corrected chi connectivity index (χ3v) is 2.92. The van der Waals surface area contributed by atoms with Crippen molar-refractivity contribution < 1.29 is 23.1 Å². The Morgan fingerprint density at radius 2 is 1.95 bits per heavy atom. The molecule has 9 heteroatoms. The average molecular weight is 333 g/mol. The molecule has 0 unspecified atom stereocenters. The third kappa shape index (κ3) is 3.40. The quantitative estimate of drug-likeness (QED) is 0.790. The van der Waals surface area contributed by atoms with E-state index in [1.54, 1.807) is 0 Å². The lowest BCUT2D eigenvalue weighted by atomic mass is 10.1. The summed E-state index contributed by atoms with van der Waals surface area (Å²) in [5.41, 5.74) is -2.68. The summed E-state index contributed by atoms with van der Waals surface area (Å²) in [6, 6.07) is 3.58. The lowest BCUT2D eigenvalue weighted by molar-refractivity contribution is -0.136. The van der Waals surface area contributed by atoms with Crippen LogP contribution in [0.15, 0.2) is 35.3 Å². The molecular weight excluding hydrogens is 325 g/mol. The largest absolute Gasteiger partial charge is 0.507 e. The van der Waals surface area contributed by atoms with E-state index in [0.29, 0.717) is 6.07 Å². The molecule has 1 aromatic carbocycles. The predicted octanol–water partition coefficient (Wildman–Crippen LogP) is 3.01. The van der Waals surface area contributed by atoms with Crippen LogP contribution in [0.2, 0.25) is 5.02 Å². The van der Waals surface area contributed by atoms with Gasteiger partial charge in [0.05, 0.1) is 16.8 Å². The fraction of sp³-hybridized carbons (Fsp3) is 0.0769. The number of nitrogens with one attached hydrogen (secondary N) is 2. The Kier molecular flexibility index (Phi) is 4.14. The Labute approximate surface area is 126 Å². The molecule has 0 atom stereocenters. The topological polar surface area (TPSA) is 82.2 Å². The van der Waals surface area contributed by atoms with Gasteiger partial charge in [0.25, 0.3) is 11.5 Å². The molecule has 0 aliphatic heterocycles. The van der Waals surface area contributed by atoms with Crippen molar-refractivity contribution in [1.29, 1.82) is 0 Å². The van der Waals surface area contributed by atoms with Crippen molar-refractivity contribution in [1.82, 2.24) is 4.98 Å². The van der Waals surface area contributed by atoms with Crippen molar-refractivity contribution in [3.05, 3.63) is 57.0 Å². The maximum absolute atomic E-state index is 12.9. The third-order valence-electron chi connectivity index (χ3n) is 2.68. The SMILES string of the molecule is O=C(Nc1ccc(Cl)cc1C(F)(F)F)c1c[nH]c(=O)cc1O. The van der Waals surface area contributed by atoms with Crippen LogP contribution in [0, 0.1) is 0 Å². The van der Waals surface area contributed by atoms with Crippen molar-refractivity contribution in [2.75, 3.05) is 5.32 Å². The molecule has 2 aromatic rings. The monoisotopic (exact) mass is 332 g/mol. The highest BCUT2D eigenvalue weighted by Gasteiger charge is 2.34. The highest BCUT2D eigenvalue weighted by molar-refractivity contribution is 6.30. The molecule has 0 spiro atoms. The van der Waals surface area contributed by atoms with E-state index in [4.69, 9.17) is 11.6 Å². The molecule has 1 aromatic heterocycles. The van der Waals surface area contributed by atoms with Gasteiger partial charge in [-0.05, 0) is 18.2 Å². The Morgan fingerprint density at radius 1 is 1.27 bits per heavy atom. The zero-order chi connectivity index (χ0) is 16.5. The number of rotatable bonds is 2. The van der Waals surface area contributed by atoms with Crippen molar-refractivity contribution >= 4 is 23.2 Å². The zero-order valence-corrected chi connectivity index (χ0v) is 11.4. The number of amides is 1. The normalized spacial score (nSPS) is 11.3. The first kappa shape index (κ1) is 15.9. The van der Waals surface area contributed by atoms with Gasteiger partial charge in [-0.15, -0.1) is 0 Å². The van der Waals surface area contributed by atoms with E-state index in [-0.39, 0.29) is 10.6 Å². The van der Waals surface area contributed by atoms with Crippen molar-refractivity contribution in [2.45, 2.75) is 6.18 Å². The maximum atomic E-state index is 12.9. The Bertz CT molecular complexity index is 787. The van der Waals surface area contributed by atoms with Crippen LogP contribution in [-0.4, -0.2) is 16.0 Å². The van der Waals surface area contributed by atoms with E-state index in [2.05, 4.69) is 4.98 Å². The zero-order valence-electron chi connectivity index (χ0n) is 10.7. The van der Waals surface area contributed by atoms with E-state index in [9.17, 15) is 27.9 Å². The van der Waals surface area contributed by atoms with Gasteiger partial charge in [0.2, 0.25) is 0 Å². The highest BCUT2D eigenvalue weighted by atomic mass is 35.5. The molecule has 0 aliphatic carbocycles. The molecule has 0 saturated heterocycles. The molecule has 116 valence electrons. The molecule has 0 radical (unpaired) electrons. The number of alkyl halides is 3. The van der Waals surface area contributed by atoms with Crippen molar-refractivity contribution in [3.63, 3.8) is 0 Å².